The zero-order valence-electron chi connectivity index (χ0n) is 22.7. The van der Waals surface area contributed by atoms with Crippen molar-refractivity contribution in [3.05, 3.63) is 29.9 Å². The van der Waals surface area contributed by atoms with Crippen LogP contribution >= 0.6 is 23.3 Å². The number of anilines is 1. The number of nitrogens with two attached hydrogens (primary N) is 1. The third kappa shape index (κ3) is 7.02. The number of aliphatic hydroxyl groups is 1. The Bertz CT molecular complexity index is 1360. The van der Waals surface area contributed by atoms with Gasteiger partial charge in [-0.2, -0.15) is 9.36 Å². The van der Waals surface area contributed by atoms with Gasteiger partial charge in [0.1, 0.15) is 37.7 Å². The van der Waals surface area contributed by atoms with Gasteiger partial charge in [-0.1, -0.05) is 49.3 Å². The molecular weight excluding hydrogens is 592 g/mol. The Morgan fingerprint density at radius 3 is 2.95 bits per heavy atom. The van der Waals surface area contributed by atoms with Crippen LogP contribution in [0.25, 0.3) is 0 Å². The number of hydrogen-bond donors (Lipinski definition) is 3. The van der Waals surface area contributed by atoms with Crippen LogP contribution in [-0.2, 0) is 35.2 Å². The Balaban J connectivity index is 1.50. The summed E-state index contributed by atoms with van der Waals surface area (Å²) in [6.45, 7) is 5.76. The van der Waals surface area contributed by atoms with Crippen molar-refractivity contribution in [1.29, 1.82) is 0 Å². The number of thioether (sulfide) groups is 1. The molecule has 4 rings (SSSR count). The van der Waals surface area contributed by atoms with Gasteiger partial charge < -0.3 is 30.5 Å². The molecule has 0 aliphatic carbocycles. The lowest BCUT2D eigenvalue weighted by Gasteiger charge is -2.49. The van der Waals surface area contributed by atoms with Gasteiger partial charge in [-0.15, -0.1) is 5.10 Å². The maximum absolute atomic E-state index is 13.3. The molecule has 19 heteroatoms. The number of tetrazole rings is 1. The Morgan fingerprint density at radius 2 is 2.24 bits per heavy atom. The van der Waals surface area contributed by atoms with Gasteiger partial charge in [-0.05, 0) is 16.8 Å². The minimum absolute atomic E-state index is 0.0196. The number of esters is 1. The predicted octanol–water partition coefficient (Wildman–Crippen LogP) is -0.531. The van der Waals surface area contributed by atoms with Crippen LogP contribution in [-0.4, -0.2) is 107 Å². The Kier molecular flexibility index (Phi) is 10.8. The number of nitrogen functional groups attached to an aromatic ring is 1. The fourth-order valence-corrected chi connectivity index (χ4v) is 5.27. The fourth-order valence-electron chi connectivity index (χ4n) is 3.98. The number of unbranched alkanes of at least 4 members (excludes halogenated alkanes) is 2. The van der Waals surface area contributed by atoms with E-state index in [4.69, 9.17) is 20.0 Å². The van der Waals surface area contributed by atoms with E-state index in [1.807, 2.05) is 6.92 Å². The molecule has 2 aliphatic heterocycles. The molecule has 17 nitrogen and oxygen atoms in total. The molecule has 4 N–H and O–H groups in total. The Hall–Kier alpha value is -4.10. The first kappa shape index (κ1) is 30.8. The minimum Gasteiger partial charge on any atom is -0.492 e. The molecule has 0 saturated carbocycles. The highest BCUT2D eigenvalue weighted by Crippen LogP contribution is 2.35. The molecule has 0 spiro atoms. The molecular formula is C23H30N10O7S2. The highest BCUT2D eigenvalue weighted by atomic mass is 32.2. The van der Waals surface area contributed by atoms with Crippen molar-refractivity contribution in [2.75, 3.05) is 37.9 Å². The molecule has 4 heterocycles. The van der Waals surface area contributed by atoms with Gasteiger partial charge in [0.15, 0.2) is 10.8 Å². The number of oxime groups is 1. The molecule has 0 bridgehead atoms. The van der Waals surface area contributed by atoms with Gasteiger partial charge in [0, 0.05) is 11.5 Å². The van der Waals surface area contributed by atoms with Crippen molar-refractivity contribution in [1.82, 2.24) is 39.8 Å². The third-order valence-electron chi connectivity index (χ3n) is 5.97. The van der Waals surface area contributed by atoms with E-state index in [0.717, 1.165) is 42.6 Å². The summed E-state index contributed by atoms with van der Waals surface area (Å²) < 4.78 is 16.6. The Labute approximate surface area is 248 Å². The second kappa shape index (κ2) is 14.7. The van der Waals surface area contributed by atoms with Gasteiger partial charge in [0.2, 0.25) is 16.7 Å². The minimum atomic E-state index is -1.04. The molecule has 226 valence electrons. The van der Waals surface area contributed by atoms with Crippen LogP contribution in [0.1, 0.15) is 32.0 Å². The lowest BCUT2D eigenvalue weighted by atomic mass is 9.92. The molecule has 42 heavy (non-hydrogen) atoms. The molecule has 2 aliphatic rings. The largest absolute Gasteiger partial charge is 0.492 e. The topological polar surface area (TPSA) is 222 Å². The van der Waals surface area contributed by atoms with Gasteiger partial charge in [0.05, 0.1) is 18.9 Å². The van der Waals surface area contributed by atoms with Gasteiger partial charge >= 0.3 is 5.97 Å². The standard InChI is InChI=1S/C23H30N10O7S2/c1-3-5-6-10-40-28-16(18-26-22(24)42-29-18)19(35)25-15-13-11-39-14(12-41-23-27-30-31-32(23)7-8-34)17(33(13)20(15)36)21(37)38-9-4-2/h4,13,15,34H,2-3,5-12H2,1H3,(H,25,35)(H2,24,26,29)/b28-16-/t13-,15+/m1/s1. The second-order valence-corrected chi connectivity index (χ2v) is 10.6. The van der Waals surface area contributed by atoms with E-state index < -0.39 is 29.9 Å². The molecule has 2 aromatic heterocycles. The molecule has 0 radical (unpaired) electrons. The van der Waals surface area contributed by atoms with Gasteiger partial charge in [-0.25, -0.2) is 9.48 Å². The van der Waals surface area contributed by atoms with Gasteiger partial charge in [-0.3, -0.25) is 14.5 Å². The zero-order valence-corrected chi connectivity index (χ0v) is 24.3. The van der Waals surface area contributed by atoms with Crippen LogP contribution in [0.3, 0.4) is 0 Å². The van der Waals surface area contributed by atoms with Crippen LogP contribution in [0.5, 0.6) is 0 Å². The van der Waals surface area contributed by atoms with Crippen LogP contribution in [0.4, 0.5) is 5.13 Å². The normalized spacial score (nSPS) is 18.2. The van der Waals surface area contributed by atoms with E-state index in [0.29, 0.717) is 5.16 Å². The van der Waals surface area contributed by atoms with Crippen molar-refractivity contribution < 1.29 is 33.8 Å². The van der Waals surface area contributed by atoms with E-state index in [1.165, 1.54) is 15.7 Å². The summed E-state index contributed by atoms with van der Waals surface area (Å²) in [7, 11) is 0. The van der Waals surface area contributed by atoms with Crippen molar-refractivity contribution in [2.24, 2.45) is 5.16 Å². The second-order valence-electron chi connectivity index (χ2n) is 8.83. The Morgan fingerprint density at radius 1 is 1.40 bits per heavy atom. The summed E-state index contributed by atoms with van der Waals surface area (Å²) in [5, 5.41) is 27.6. The monoisotopic (exact) mass is 622 g/mol. The highest BCUT2D eigenvalue weighted by molar-refractivity contribution is 7.99. The third-order valence-corrected chi connectivity index (χ3v) is 7.47. The van der Waals surface area contributed by atoms with Gasteiger partial charge in [0.25, 0.3) is 11.8 Å². The molecule has 0 unspecified atom stereocenters. The van der Waals surface area contributed by atoms with E-state index in [-0.39, 0.29) is 66.8 Å². The van der Waals surface area contributed by atoms with E-state index in [1.54, 1.807) is 0 Å². The number of β-lactam (4-membered cyclic amide) rings is 1. The van der Waals surface area contributed by atoms with Crippen LogP contribution in [0.2, 0.25) is 0 Å². The van der Waals surface area contributed by atoms with Crippen LogP contribution in [0, 0.1) is 0 Å². The lowest BCUT2D eigenvalue weighted by molar-refractivity contribution is -0.161. The number of ether oxygens (including phenoxy) is 2. The molecule has 1 saturated heterocycles. The number of amides is 2. The molecule has 0 aromatic carbocycles. The number of aromatic nitrogens is 6. The maximum Gasteiger partial charge on any atom is 0.358 e. The SMILES string of the molecule is C=CCOC(=O)C1=C(CSc2nnnn2CCO)OC[C@@H]2[C@H](NC(=O)/C(=N\OCCCCC)c3nsc(N)n3)C(=O)N12. The van der Waals surface area contributed by atoms with Crippen molar-refractivity contribution >= 4 is 51.9 Å². The summed E-state index contributed by atoms with van der Waals surface area (Å²) in [4.78, 5) is 50.1. The summed E-state index contributed by atoms with van der Waals surface area (Å²) in [5.41, 5.74) is 5.36. The first-order valence-electron chi connectivity index (χ1n) is 13.0. The molecule has 1 fully saturated rings. The average molecular weight is 623 g/mol. The number of carbonyl (C=O) groups is 3. The summed E-state index contributed by atoms with van der Waals surface area (Å²) in [5.74, 6) is -1.88. The molecule has 2 aromatic rings. The van der Waals surface area contributed by atoms with E-state index in [9.17, 15) is 19.5 Å². The quantitative estimate of drug-likeness (QED) is 0.0407. The van der Waals surface area contributed by atoms with Crippen molar-refractivity contribution in [3.63, 3.8) is 0 Å². The first-order valence-corrected chi connectivity index (χ1v) is 14.7. The fraction of sp³-hybridized carbons (Fsp3) is 0.522. The number of carbonyl (C=O) groups excluding carboxylic acids is 3. The summed E-state index contributed by atoms with van der Waals surface area (Å²) in [6, 6.07) is -1.74. The average Bonchev–Trinajstić information content (AvgIpc) is 3.63. The number of hydrogen-bond acceptors (Lipinski definition) is 16. The lowest BCUT2D eigenvalue weighted by Crippen LogP contribution is -2.73. The summed E-state index contributed by atoms with van der Waals surface area (Å²) in [6.07, 6.45) is 4.04. The highest BCUT2D eigenvalue weighted by Gasteiger charge is 2.55. The number of nitrogens with zero attached hydrogens (tertiary/aromatic N) is 8. The molecule has 2 amide bonds. The van der Waals surface area contributed by atoms with E-state index >= 15 is 0 Å². The number of rotatable bonds is 16. The number of aliphatic hydroxyl groups excluding tert-OH is 1. The summed E-state index contributed by atoms with van der Waals surface area (Å²) >= 11 is 2.03. The predicted molar refractivity (Wildman–Crippen MR) is 149 cm³/mol. The smallest absolute Gasteiger partial charge is 0.358 e. The van der Waals surface area contributed by atoms with Crippen molar-refractivity contribution in [3.8, 4) is 0 Å². The maximum atomic E-state index is 13.3. The van der Waals surface area contributed by atoms with Crippen molar-refractivity contribution in [2.45, 2.75) is 50.0 Å². The van der Waals surface area contributed by atoms with Crippen LogP contribution < -0.4 is 11.1 Å². The zero-order chi connectivity index (χ0) is 30.1. The van der Waals surface area contributed by atoms with Crippen LogP contribution in [0.15, 0.2) is 34.4 Å². The molecule has 2 atom stereocenters. The first-order chi connectivity index (χ1) is 20.4. The number of nitrogens with one attached hydrogen (secondary N) is 1. The van der Waals surface area contributed by atoms with E-state index in [2.05, 4.69) is 41.9 Å². The number of fused-ring (bicyclic) bond motifs is 1.